The maximum atomic E-state index is 12.9. The molecule has 0 bridgehead atoms. The molecule has 8 heteroatoms. The van der Waals surface area contributed by atoms with Gasteiger partial charge in [0, 0.05) is 41.9 Å². The number of ether oxygens (including phenoxy) is 1. The molecule has 2 heterocycles. The fraction of sp³-hybridized carbons (Fsp3) is 0.174. The predicted molar refractivity (Wildman–Crippen MR) is 108 cm³/mol. The number of aromatic amines is 1. The largest absolute Gasteiger partial charge is 0.573 e. The second-order valence-electron chi connectivity index (χ2n) is 6.55. The number of carbonyl (C=O) groups excluding carboxylic acids is 1. The summed E-state index contributed by atoms with van der Waals surface area (Å²) in [6.45, 7) is 1.67. The molecule has 1 N–H and O–H groups in total. The molecule has 3 aromatic rings. The molecule has 0 spiro atoms. The van der Waals surface area contributed by atoms with Crippen LogP contribution in [0.25, 0.3) is 0 Å². The van der Waals surface area contributed by atoms with Crippen LogP contribution in [0, 0.1) is 11.8 Å². The monoisotopic (exact) mass is 426 g/mol. The molecule has 0 radical (unpaired) electrons. The van der Waals surface area contributed by atoms with Gasteiger partial charge in [-0.3, -0.25) is 14.6 Å². The van der Waals surface area contributed by atoms with E-state index in [2.05, 4.69) is 26.5 Å². The van der Waals surface area contributed by atoms with Crippen molar-refractivity contribution in [2.24, 2.45) is 0 Å². The van der Waals surface area contributed by atoms with Gasteiger partial charge in [-0.15, -0.1) is 19.1 Å². The third kappa shape index (κ3) is 5.82. The number of H-pyrrole nitrogens is 1. The number of hydrogen-bond acceptors (Lipinski definition) is 4. The maximum Gasteiger partial charge on any atom is 0.573 e. The predicted octanol–water partition coefficient (Wildman–Crippen LogP) is 4.44. The third-order valence-electron chi connectivity index (χ3n) is 4.44. The van der Waals surface area contributed by atoms with E-state index in [0.29, 0.717) is 22.4 Å². The van der Waals surface area contributed by atoms with Crippen LogP contribution in [0.1, 0.15) is 46.4 Å². The summed E-state index contributed by atoms with van der Waals surface area (Å²) in [5.74, 6) is 4.54. The van der Waals surface area contributed by atoms with Gasteiger partial charge in [-0.25, -0.2) is 0 Å². The number of Topliss-reactive ketones (excluding diaryl/α,β-unsaturated/α-hetero) is 1. The molecule has 0 amide bonds. The van der Waals surface area contributed by atoms with Gasteiger partial charge in [-0.05, 0) is 42.8 Å². The Kier molecular flexibility index (Phi) is 6.55. The zero-order valence-electron chi connectivity index (χ0n) is 16.4. The highest BCUT2D eigenvalue weighted by Crippen LogP contribution is 2.32. The minimum Gasteiger partial charge on any atom is -0.406 e. The Morgan fingerprint density at radius 2 is 1.90 bits per heavy atom. The Bertz CT molecular complexity index is 1170. The number of rotatable bonds is 6. The second-order valence-corrected chi connectivity index (χ2v) is 6.55. The van der Waals surface area contributed by atoms with Crippen LogP contribution in [-0.2, 0) is 0 Å². The molecule has 3 rings (SSSR count). The minimum atomic E-state index is -4.80. The topological polar surface area (TPSA) is 72.0 Å². The van der Waals surface area contributed by atoms with E-state index >= 15 is 0 Å². The number of pyridine rings is 2. The molecule has 0 aliphatic heterocycles. The lowest BCUT2D eigenvalue weighted by Gasteiger charge is -2.19. The lowest BCUT2D eigenvalue weighted by molar-refractivity contribution is -0.274. The van der Waals surface area contributed by atoms with Crippen LogP contribution >= 0.6 is 0 Å². The van der Waals surface area contributed by atoms with Crippen LogP contribution in [0.5, 0.6) is 5.75 Å². The molecule has 0 aliphatic rings. The molecule has 1 aromatic carbocycles. The summed E-state index contributed by atoms with van der Waals surface area (Å²) in [7, 11) is 0. The van der Waals surface area contributed by atoms with E-state index in [-0.39, 0.29) is 23.5 Å². The van der Waals surface area contributed by atoms with Gasteiger partial charge in [0.05, 0.1) is 5.69 Å². The van der Waals surface area contributed by atoms with Crippen molar-refractivity contribution in [3.63, 3.8) is 0 Å². The number of ketones is 1. The first-order valence-corrected chi connectivity index (χ1v) is 9.22. The first-order chi connectivity index (χ1) is 14.8. The van der Waals surface area contributed by atoms with E-state index in [9.17, 15) is 22.8 Å². The van der Waals surface area contributed by atoms with Gasteiger partial charge in [-0.1, -0.05) is 18.1 Å². The van der Waals surface area contributed by atoms with E-state index in [1.165, 1.54) is 42.6 Å². The summed E-state index contributed by atoms with van der Waals surface area (Å²) in [6, 6.07) is 11.4. The highest BCUT2D eigenvalue weighted by Gasteiger charge is 2.31. The van der Waals surface area contributed by atoms with Crippen molar-refractivity contribution in [3.05, 3.63) is 93.7 Å². The Hall–Kier alpha value is -3.86. The van der Waals surface area contributed by atoms with Gasteiger partial charge < -0.3 is 9.72 Å². The molecule has 31 heavy (non-hydrogen) atoms. The molecule has 158 valence electrons. The fourth-order valence-electron chi connectivity index (χ4n) is 3.10. The van der Waals surface area contributed by atoms with Crippen LogP contribution in [0.15, 0.2) is 65.7 Å². The van der Waals surface area contributed by atoms with Crippen LogP contribution in [-0.4, -0.2) is 22.1 Å². The molecular weight excluding hydrogens is 409 g/mol. The zero-order chi connectivity index (χ0) is 22.4. The van der Waals surface area contributed by atoms with Crippen LogP contribution in [0.3, 0.4) is 0 Å². The first kappa shape index (κ1) is 21.8. The third-order valence-corrected chi connectivity index (χ3v) is 4.44. The Morgan fingerprint density at radius 3 is 2.52 bits per heavy atom. The van der Waals surface area contributed by atoms with Crippen molar-refractivity contribution >= 4 is 5.78 Å². The van der Waals surface area contributed by atoms with Crippen molar-refractivity contribution in [2.75, 3.05) is 0 Å². The maximum absolute atomic E-state index is 12.9. The highest BCUT2D eigenvalue weighted by molar-refractivity contribution is 5.96. The summed E-state index contributed by atoms with van der Waals surface area (Å²) in [5, 5.41) is 0. The smallest absolute Gasteiger partial charge is 0.406 e. The number of halogens is 3. The van der Waals surface area contributed by atoms with Crippen molar-refractivity contribution < 1.29 is 22.7 Å². The lowest BCUT2D eigenvalue weighted by atomic mass is 9.87. The van der Waals surface area contributed by atoms with E-state index < -0.39 is 12.3 Å². The normalized spacial score (nSPS) is 11.9. The van der Waals surface area contributed by atoms with Crippen LogP contribution in [0.4, 0.5) is 13.2 Å². The number of nitrogens with zero attached hydrogens (tertiary/aromatic N) is 1. The molecule has 5 nitrogen and oxygen atoms in total. The van der Waals surface area contributed by atoms with Crippen LogP contribution in [0.2, 0.25) is 0 Å². The minimum absolute atomic E-state index is 0.0269. The van der Waals surface area contributed by atoms with Gasteiger partial charge in [0.1, 0.15) is 5.75 Å². The quantitative estimate of drug-likeness (QED) is 0.467. The SMILES string of the molecule is CC#Cc1cccnc1[C@@H](CC(=O)c1ccc(=O)[nH]c1)c1ccc(OC(F)(F)F)cc1. The van der Waals surface area contributed by atoms with E-state index in [0.717, 1.165) is 0 Å². The van der Waals surface area contributed by atoms with E-state index in [1.54, 1.807) is 25.3 Å². The number of nitrogens with one attached hydrogen (secondary N) is 1. The molecule has 1 atom stereocenters. The van der Waals surface area contributed by atoms with Crippen molar-refractivity contribution in [2.45, 2.75) is 25.6 Å². The lowest BCUT2D eigenvalue weighted by Crippen LogP contribution is -2.17. The Morgan fingerprint density at radius 1 is 1.16 bits per heavy atom. The molecule has 2 aromatic heterocycles. The van der Waals surface area contributed by atoms with Crippen molar-refractivity contribution in [1.82, 2.24) is 9.97 Å². The molecule has 0 unspecified atom stereocenters. The van der Waals surface area contributed by atoms with Gasteiger partial charge in [0.2, 0.25) is 5.56 Å². The molecular formula is C23H17F3N2O3. The molecule has 0 saturated carbocycles. The average molecular weight is 426 g/mol. The Balaban J connectivity index is 2.00. The molecule has 0 aliphatic carbocycles. The highest BCUT2D eigenvalue weighted by atomic mass is 19.4. The first-order valence-electron chi connectivity index (χ1n) is 9.22. The number of benzene rings is 1. The number of carbonyl (C=O) groups is 1. The second kappa shape index (κ2) is 9.30. The zero-order valence-corrected chi connectivity index (χ0v) is 16.4. The summed E-state index contributed by atoms with van der Waals surface area (Å²) in [5.41, 5.74) is 1.68. The number of alkyl halides is 3. The number of hydrogen-bond donors (Lipinski definition) is 1. The molecule has 0 fully saturated rings. The standard InChI is InChI=1S/C23H17F3N2O3/c1-2-4-16-5-3-12-27-22(16)19(13-20(29)17-8-11-21(30)28-14-17)15-6-9-18(10-7-15)31-23(24,25)26/h3,5-12,14,19H,13H2,1H3,(H,28,30)/t19-/m0/s1. The van der Waals surface area contributed by atoms with Crippen LogP contribution < -0.4 is 10.3 Å². The van der Waals surface area contributed by atoms with E-state index in [4.69, 9.17) is 0 Å². The molecule has 0 saturated heterocycles. The summed E-state index contributed by atoms with van der Waals surface area (Å²) in [6.07, 6.45) is -1.94. The van der Waals surface area contributed by atoms with Gasteiger partial charge in [-0.2, -0.15) is 0 Å². The summed E-state index contributed by atoms with van der Waals surface area (Å²) < 4.78 is 41.3. The van der Waals surface area contributed by atoms with E-state index in [1.807, 2.05) is 0 Å². The van der Waals surface area contributed by atoms with Gasteiger partial charge >= 0.3 is 6.36 Å². The van der Waals surface area contributed by atoms with Gasteiger partial charge in [0.25, 0.3) is 0 Å². The average Bonchev–Trinajstić information content (AvgIpc) is 2.73. The van der Waals surface area contributed by atoms with Crippen molar-refractivity contribution in [1.29, 1.82) is 0 Å². The summed E-state index contributed by atoms with van der Waals surface area (Å²) in [4.78, 5) is 31.0. The summed E-state index contributed by atoms with van der Waals surface area (Å²) >= 11 is 0. The van der Waals surface area contributed by atoms with Gasteiger partial charge in [0.15, 0.2) is 5.78 Å². The Labute approximate surface area is 175 Å². The fourth-order valence-corrected chi connectivity index (χ4v) is 3.10. The number of aromatic nitrogens is 2. The van der Waals surface area contributed by atoms with Crippen molar-refractivity contribution in [3.8, 4) is 17.6 Å².